The monoisotopic (exact) mass is 496 g/mol. The third-order valence-electron chi connectivity index (χ3n) is 5.46. The van der Waals surface area contributed by atoms with Crippen LogP contribution in [-0.2, 0) is 19.1 Å². The van der Waals surface area contributed by atoms with E-state index in [1.807, 2.05) is 51.1 Å². The van der Waals surface area contributed by atoms with E-state index in [2.05, 4.69) is 10.6 Å². The summed E-state index contributed by atoms with van der Waals surface area (Å²) in [5, 5.41) is 5.37. The maximum absolute atomic E-state index is 13.6. The first kappa shape index (κ1) is 28.4. The molecule has 0 saturated carbocycles. The van der Waals surface area contributed by atoms with Crippen LogP contribution in [0.1, 0.15) is 55.5 Å². The Morgan fingerprint density at radius 2 is 1.58 bits per heavy atom. The first-order valence-corrected chi connectivity index (χ1v) is 11.7. The molecule has 0 radical (unpaired) electrons. The molecule has 4 N–H and O–H groups in total. The number of carbonyl (C=O) groups excluding carboxylic acids is 4. The standard InChI is InChI=1S/C27H36N4O5/c1-16-10-8-13-19(14-16)23(24(33)30-22-17(2)11-9-12-18(22)3)31(7)25(34)20(15-21(28)32)29-26(35)36-27(4,5)6/h8-14,20,23H,15H2,1-7H3,(H2,28,32)(H,29,35)(H,30,33). The van der Waals surface area contributed by atoms with E-state index in [1.54, 1.807) is 32.9 Å². The second-order valence-corrected chi connectivity index (χ2v) is 9.89. The number of carbonyl (C=O) groups is 4. The Labute approximate surface area is 212 Å². The molecular formula is C27H36N4O5. The zero-order chi connectivity index (χ0) is 27.2. The van der Waals surface area contributed by atoms with Gasteiger partial charge in [-0.25, -0.2) is 4.79 Å². The number of likely N-dealkylation sites (N-methyl/N-ethyl adjacent to an activating group) is 1. The number of ether oxygens (including phenoxy) is 1. The van der Waals surface area contributed by atoms with Crippen molar-refractivity contribution in [3.05, 3.63) is 64.7 Å². The molecule has 0 heterocycles. The largest absolute Gasteiger partial charge is 0.444 e. The molecule has 0 aromatic heterocycles. The van der Waals surface area contributed by atoms with Crippen molar-refractivity contribution in [2.24, 2.45) is 5.73 Å². The maximum Gasteiger partial charge on any atom is 0.408 e. The second kappa shape index (κ2) is 11.7. The minimum Gasteiger partial charge on any atom is -0.444 e. The van der Waals surface area contributed by atoms with Crippen molar-refractivity contribution in [3.8, 4) is 0 Å². The summed E-state index contributed by atoms with van der Waals surface area (Å²) in [7, 11) is 1.45. The van der Waals surface area contributed by atoms with Crippen molar-refractivity contribution >= 4 is 29.5 Å². The van der Waals surface area contributed by atoms with Crippen LogP contribution in [0.15, 0.2) is 42.5 Å². The molecule has 4 amide bonds. The molecule has 9 nitrogen and oxygen atoms in total. The van der Waals surface area contributed by atoms with Gasteiger partial charge in [0.2, 0.25) is 11.8 Å². The lowest BCUT2D eigenvalue weighted by atomic mass is 10.0. The predicted octanol–water partition coefficient (Wildman–Crippen LogP) is 3.52. The summed E-state index contributed by atoms with van der Waals surface area (Å²) in [4.78, 5) is 52.5. The number of amides is 4. The van der Waals surface area contributed by atoms with Gasteiger partial charge in [-0.05, 0) is 58.2 Å². The number of nitrogens with one attached hydrogen (secondary N) is 2. The van der Waals surface area contributed by atoms with Crippen molar-refractivity contribution in [1.82, 2.24) is 10.2 Å². The number of benzene rings is 2. The van der Waals surface area contributed by atoms with Crippen LogP contribution in [0.2, 0.25) is 0 Å². The summed E-state index contributed by atoms with van der Waals surface area (Å²) < 4.78 is 5.24. The van der Waals surface area contributed by atoms with Gasteiger partial charge in [-0.2, -0.15) is 0 Å². The van der Waals surface area contributed by atoms with Crippen LogP contribution in [0.4, 0.5) is 10.5 Å². The summed E-state index contributed by atoms with van der Waals surface area (Å²) in [6.07, 6.45) is -1.33. The van der Waals surface area contributed by atoms with Crippen molar-refractivity contribution in [3.63, 3.8) is 0 Å². The van der Waals surface area contributed by atoms with Crippen LogP contribution in [-0.4, -0.2) is 47.4 Å². The molecule has 2 unspecified atom stereocenters. The van der Waals surface area contributed by atoms with Gasteiger partial charge in [0.15, 0.2) is 0 Å². The first-order valence-electron chi connectivity index (χ1n) is 11.7. The molecule has 0 spiro atoms. The van der Waals surface area contributed by atoms with E-state index >= 15 is 0 Å². The van der Waals surface area contributed by atoms with E-state index in [-0.39, 0.29) is 0 Å². The number of nitrogens with two attached hydrogens (primary N) is 1. The molecule has 2 atom stereocenters. The minimum absolute atomic E-state index is 0.441. The molecule has 9 heteroatoms. The summed E-state index contributed by atoms with van der Waals surface area (Å²) in [5.74, 6) is -1.89. The van der Waals surface area contributed by atoms with Gasteiger partial charge in [-0.1, -0.05) is 48.0 Å². The first-order chi connectivity index (χ1) is 16.7. The molecular weight excluding hydrogens is 460 g/mol. The Balaban J connectivity index is 2.43. The van der Waals surface area contributed by atoms with Crippen molar-refractivity contribution < 1.29 is 23.9 Å². The Morgan fingerprint density at radius 3 is 2.11 bits per heavy atom. The van der Waals surface area contributed by atoms with Crippen LogP contribution in [0.3, 0.4) is 0 Å². The van der Waals surface area contributed by atoms with E-state index in [1.165, 1.54) is 11.9 Å². The highest BCUT2D eigenvalue weighted by molar-refractivity contribution is 6.00. The zero-order valence-corrected chi connectivity index (χ0v) is 22.0. The quantitative estimate of drug-likeness (QED) is 0.515. The predicted molar refractivity (Wildman–Crippen MR) is 138 cm³/mol. The summed E-state index contributed by atoms with van der Waals surface area (Å²) in [6.45, 7) is 10.7. The molecule has 0 aliphatic rings. The fourth-order valence-corrected chi connectivity index (χ4v) is 3.82. The highest BCUT2D eigenvalue weighted by Crippen LogP contribution is 2.26. The number of rotatable bonds is 8. The Kier molecular flexibility index (Phi) is 9.22. The van der Waals surface area contributed by atoms with Gasteiger partial charge in [0.05, 0.1) is 6.42 Å². The molecule has 0 fully saturated rings. The fourth-order valence-electron chi connectivity index (χ4n) is 3.82. The SMILES string of the molecule is Cc1cccc(C(C(=O)Nc2c(C)cccc2C)N(C)C(=O)C(CC(N)=O)NC(=O)OC(C)(C)C)c1. The third-order valence-corrected chi connectivity index (χ3v) is 5.46. The number of hydrogen-bond donors (Lipinski definition) is 3. The van der Waals surface area contributed by atoms with Crippen molar-refractivity contribution in [1.29, 1.82) is 0 Å². The van der Waals surface area contributed by atoms with Crippen molar-refractivity contribution in [2.45, 2.75) is 65.6 Å². The van der Waals surface area contributed by atoms with E-state index in [9.17, 15) is 19.2 Å². The number of para-hydroxylation sites is 1. The van der Waals surface area contributed by atoms with Gasteiger partial charge in [-0.3, -0.25) is 14.4 Å². The lowest BCUT2D eigenvalue weighted by Crippen LogP contribution is -2.52. The molecule has 0 saturated heterocycles. The van der Waals surface area contributed by atoms with Crippen LogP contribution in [0, 0.1) is 20.8 Å². The highest BCUT2D eigenvalue weighted by Gasteiger charge is 2.35. The Hall–Kier alpha value is -3.88. The molecule has 194 valence electrons. The van der Waals surface area contributed by atoms with Gasteiger partial charge in [-0.15, -0.1) is 0 Å². The molecule has 36 heavy (non-hydrogen) atoms. The second-order valence-electron chi connectivity index (χ2n) is 9.89. The average molecular weight is 497 g/mol. The van der Waals surface area contributed by atoms with Crippen LogP contribution >= 0.6 is 0 Å². The van der Waals surface area contributed by atoms with Gasteiger partial charge >= 0.3 is 6.09 Å². The number of anilines is 1. The molecule has 0 bridgehead atoms. The Morgan fingerprint density at radius 1 is 1.00 bits per heavy atom. The minimum atomic E-state index is -1.32. The smallest absolute Gasteiger partial charge is 0.408 e. The number of aryl methyl sites for hydroxylation is 3. The fraction of sp³-hybridized carbons (Fsp3) is 0.407. The third kappa shape index (κ3) is 7.83. The molecule has 2 rings (SSSR count). The van der Waals surface area contributed by atoms with Gasteiger partial charge < -0.3 is 26.0 Å². The normalized spacial score (nSPS) is 12.8. The number of alkyl carbamates (subject to hydrolysis) is 1. The summed E-state index contributed by atoms with van der Waals surface area (Å²) >= 11 is 0. The lowest BCUT2D eigenvalue weighted by molar-refractivity contribution is -0.140. The molecule has 0 aliphatic carbocycles. The van der Waals surface area contributed by atoms with Gasteiger partial charge in [0.1, 0.15) is 17.7 Å². The lowest BCUT2D eigenvalue weighted by Gasteiger charge is -2.31. The van der Waals surface area contributed by atoms with Crippen molar-refractivity contribution in [2.75, 3.05) is 12.4 Å². The zero-order valence-electron chi connectivity index (χ0n) is 22.0. The van der Waals surface area contributed by atoms with Gasteiger partial charge in [0.25, 0.3) is 5.91 Å². The summed E-state index contributed by atoms with van der Waals surface area (Å²) in [6, 6.07) is 10.5. The topological polar surface area (TPSA) is 131 Å². The highest BCUT2D eigenvalue weighted by atomic mass is 16.6. The van der Waals surface area contributed by atoms with Crippen LogP contribution in [0.5, 0.6) is 0 Å². The average Bonchev–Trinajstić information content (AvgIpc) is 2.74. The van der Waals surface area contributed by atoms with Gasteiger partial charge in [0, 0.05) is 12.7 Å². The number of hydrogen-bond acceptors (Lipinski definition) is 5. The van der Waals surface area contributed by atoms with E-state index in [4.69, 9.17) is 10.5 Å². The van der Waals surface area contributed by atoms with E-state index in [0.29, 0.717) is 11.3 Å². The molecule has 2 aromatic rings. The van der Waals surface area contributed by atoms with E-state index in [0.717, 1.165) is 16.7 Å². The number of nitrogens with zero attached hydrogens (tertiary/aromatic N) is 1. The van der Waals surface area contributed by atoms with E-state index < -0.39 is 47.9 Å². The maximum atomic E-state index is 13.6. The molecule has 2 aromatic carbocycles. The molecule has 0 aliphatic heterocycles. The van der Waals surface area contributed by atoms with Crippen LogP contribution in [0.25, 0.3) is 0 Å². The summed E-state index contributed by atoms with van der Waals surface area (Å²) in [5.41, 5.74) is 8.42. The van der Waals surface area contributed by atoms with Crippen LogP contribution < -0.4 is 16.4 Å². The number of primary amides is 1. The Bertz CT molecular complexity index is 1120.